The Bertz CT molecular complexity index is 237. The maximum absolute atomic E-state index is 12.8. The molecule has 1 aliphatic rings. The second-order valence-corrected chi connectivity index (χ2v) is 4.18. The molecule has 0 aromatic heterocycles. The van der Waals surface area contributed by atoms with Crippen molar-refractivity contribution in [2.75, 3.05) is 6.54 Å². The van der Waals surface area contributed by atoms with Gasteiger partial charge in [0.25, 0.3) is 5.92 Å². The van der Waals surface area contributed by atoms with Crippen LogP contribution in [-0.2, 0) is 4.79 Å². The van der Waals surface area contributed by atoms with Crippen molar-refractivity contribution in [3.63, 3.8) is 0 Å². The molecule has 0 bridgehead atoms. The third-order valence-corrected chi connectivity index (χ3v) is 2.76. The van der Waals surface area contributed by atoms with Crippen LogP contribution in [0.2, 0.25) is 0 Å². The number of carbonyl (C=O) groups is 1. The van der Waals surface area contributed by atoms with Gasteiger partial charge in [-0.15, -0.1) is 0 Å². The molecule has 1 aliphatic heterocycles. The molecule has 0 aromatic carbocycles. The van der Waals surface area contributed by atoms with Gasteiger partial charge in [0.2, 0.25) is 0 Å². The predicted molar refractivity (Wildman–Crippen MR) is 47.3 cm³/mol. The fraction of sp³-hybridized carbons (Fsp3) is 0.875. The van der Waals surface area contributed by atoms with Crippen molar-refractivity contribution in [2.45, 2.75) is 31.7 Å². The lowest BCUT2D eigenvalue weighted by Gasteiger charge is -2.17. The SMILES string of the molecule is CC(C[C@H]1CC(F)(F)CN1Cl)C(=O)O. The summed E-state index contributed by atoms with van der Waals surface area (Å²) < 4.78 is 26.7. The van der Waals surface area contributed by atoms with Crippen LogP contribution in [0.15, 0.2) is 0 Å². The quantitative estimate of drug-likeness (QED) is 0.750. The van der Waals surface area contributed by atoms with E-state index in [0.717, 1.165) is 4.42 Å². The van der Waals surface area contributed by atoms with Crippen LogP contribution >= 0.6 is 11.8 Å². The van der Waals surface area contributed by atoms with E-state index in [9.17, 15) is 13.6 Å². The minimum Gasteiger partial charge on any atom is -0.481 e. The minimum atomic E-state index is -2.79. The summed E-state index contributed by atoms with van der Waals surface area (Å²) in [4.78, 5) is 10.5. The third kappa shape index (κ3) is 2.78. The highest BCUT2D eigenvalue weighted by atomic mass is 35.5. The van der Waals surface area contributed by atoms with E-state index < -0.39 is 30.4 Å². The van der Waals surface area contributed by atoms with Gasteiger partial charge in [-0.25, -0.2) is 13.2 Å². The molecule has 2 atom stereocenters. The molecule has 0 aromatic rings. The molecule has 82 valence electrons. The fourth-order valence-corrected chi connectivity index (χ4v) is 1.89. The first-order chi connectivity index (χ1) is 6.32. The lowest BCUT2D eigenvalue weighted by Crippen LogP contribution is -2.25. The van der Waals surface area contributed by atoms with Gasteiger partial charge in [-0.2, -0.15) is 0 Å². The summed E-state index contributed by atoms with van der Waals surface area (Å²) in [6, 6.07) is -0.544. The van der Waals surface area contributed by atoms with Gasteiger partial charge < -0.3 is 5.11 Å². The van der Waals surface area contributed by atoms with Crippen molar-refractivity contribution in [1.29, 1.82) is 0 Å². The maximum Gasteiger partial charge on any atom is 0.306 e. The summed E-state index contributed by atoms with van der Waals surface area (Å²) in [5.74, 6) is -4.41. The zero-order chi connectivity index (χ0) is 10.9. The first-order valence-corrected chi connectivity index (χ1v) is 4.69. The summed E-state index contributed by atoms with van der Waals surface area (Å²) in [6.45, 7) is 0.995. The molecule has 0 spiro atoms. The third-order valence-electron chi connectivity index (χ3n) is 2.36. The first kappa shape index (κ1) is 11.7. The van der Waals surface area contributed by atoms with Gasteiger partial charge in [-0.3, -0.25) is 4.79 Å². The molecule has 0 amide bonds. The van der Waals surface area contributed by atoms with Crippen molar-refractivity contribution in [3.8, 4) is 0 Å². The van der Waals surface area contributed by atoms with Crippen LogP contribution < -0.4 is 0 Å². The van der Waals surface area contributed by atoms with Crippen LogP contribution in [0.4, 0.5) is 8.78 Å². The molecule has 14 heavy (non-hydrogen) atoms. The Hall–Kier alpha value is -0.420. The van der Waals surface area contributed by atoms with Crippen LogP contribution in [0.25, 0.3) is 0 Å². The number of rotatable bonds is 3. The van der Waals surface area contributed by atoms with Crippen LogP contribution in [0.5, 0.6) is 0 Å². The molecule has 1 saturated heterocycles. The molecular weight excluding hydrogens is 216 g/mol. The van der Waals surface area contributed by atoms with Gasteiger partial charge >= 0.3 is 5.97 Å². The Balaban J connectivity index is 2.51. The largest absolute Gasteiger partial charge is 0.481 e. The second kappa shape index (κ2) is 3.98. The van der Waals surface area contributed by atoms with E-state index in [1.165, 1.54) is 6.92 Å². The Kier molecular flexibility index (Phi) is 3.32. The van der Waals surface area contributed by atoms with Gasteiger partial charge in [0.1, 0.15) is 0 Å². The number of nitrogens with zero attached hydrogens (tertiary/aromatic N) is 1. The highest BCUT2D eigenvalue weighted by Crippen LogP contribution is 2.35. The predicted octanol–water partition coefficient (Wildman–Crippen LogP) is 1.96. The molecule has 1 rings (SSSR count). The monoisotopic (exact) mass is 227 g/mol. The maximum atomic E-state index is 12.8. The van der Waals surface area contributed by atoms with Crippen LogP contribution in [0.3, 0.4) is 0 Å². The number of hydrogen-bond donors (Lipinski definition) is 1. The van der Waals surface area contributed by atoms with Crippen LogP contribution in [0, 0.1) is 5.92 Å². The van der Waals surface area contributed by atoms with Crippen molar-refractivity contribution in [1.82, 2.24) is 4.42 Å². The average Bonchev–Trinajstić information content (AvgIpc) is 2.24. The molecule has 1 N–H and O–H groups in total. The number of alkyl halides is 2. The van der Waals surface area contributed by atoms with Gasteiger partial charge in [-0.05, 0) is 18.2 Å². The smallest absolute Gasteiger partial charge is 0.306 e. The Morgan fingerprint density at radius 1 is 1.79 bits per heavy atom. The van der Waals surface area contributed by atoms with E-state index in [1.807, 2.05) is 0 Å². The number of halogens is 3. The van der Waals surface area contributed by atoms with Crippen LogP contribution in [-0.4, -0.2) is 34.0 Å². The van der Waals surface area contributed by atoms with Gasteiger partial charge in [0.15, 0.2) is 0 Å². The molecule has 0 radical (unpaired) electrons. The highest BCUT2D eigenvalue weighted by molar-refractivity contribution is 6.13. The van der Waals surface area contributed by atoms with E-state index in [1.54, 1.807) is 0 Å². The summed E-state index contributed by atoms with van der Waals surface area (Å²) in [5, 5.41) is 8.61. The topological polar surface area (TPSA) is 40.5 Å². The molecule has 1 heterocycles. The van der Waals surface area contributed by atoms with Gasteiger partial charge in [-0.1, -0.05) is 6.92 Å². The minimum absolute atomic E-state index is 0.161. The van der Waals surface area contributed by atoms with E-state index in [2.05, 4.69) is 0 Å². The van der Waals surface area contributed by atoms with E-state index in [4.69, 9.17) is 16.9 Å². The standard InChI is InChI=1S/C8H12ClF2NO2/c1-5(7(13)14)2-6-3-8(10,11)4-12(6)9/h5-6H,2-4H2,1H3,(H,13,14)/t5?,6-/m0/s1. The van der Waals surface area contributed by atoms with Gasteiger partial charge in [0.05, 0.1) is 12.5 Å². The molecule has 0 aliphatic carbocycles. The Labute approximate surface area is 85.7 Å². The lowest BCUT2D eigenvalue weighted by molar-refractivity contribution is -0.141. The zero-order valence-electron chi connectivity index (χ0n) is 7.71. The number of aliphatic carboxylic acids is 1. The molecule has 6 heteroatoms. The summed E-state index contributed by atoms with van der Waals surface area (Å²) in [7, 11) is 0. The highest BCUT2D eigenvalue weighted by Gasteiger charge is 2.45. The fourth-order valence-electron chi connectivity index (χ4n) is 1.57. The summed E-state index contributed by atoms with van der Waals surface area (Å²) in [6.07, 6.45) is -0.192. The zero-order valence-corrected chi connectivity index (χ0v) is 8.47. The van der Waals surface area contributed by atoms with Crippen molar-refractivity contribution in [3.05, 3.63) is 0 Å². The molecule has 1 fully saturated rings. The molecule has 1 unspecified atom stereocenters. The van der Waals surface area contributed by atoms with Crippen molar-refractivity contribution in [2.24, 2.45) is 5.92 Å². The molecule has 3 nitrogen and oxygen atoms in total. The molecule has 0 saturated carbocycles. The average molecular weight is 228 g/mol. The van der Waals surface area contributed by atoms with E-state index >= 15 is 0 Å². The van der Waals surface area contributed by atoms with E-state index in [-0.39, 0.29) is 12.8 Å². The summed E-state index contributed by atoms with van der Waals surface area (Å²) in [5.41, 5.74) is 0. The van der Waals surface area contributed by atoms with Gasteiger partial charge in [0, 0.05) is 12.5 Å². The Morgan fingerprint density at radius 2 is 2.36 bits per heavy atom. The Morgan fingerprint density at radius 3 is 2.71 bits per heavy atom. The van der Waals surface area contributed by atoms with Crippen LogP contribution in [0.1, 0.15) is 19.8 Å². The first-order valence-electron chi connectivity index (χ1n) is 4.35. The summed E-state index contributed by atoms with van der Waals surface area (Å²) >= 11 is 5.57. The lowest BCUT2D eigenvalue weighted by atomic mass is 10.0. The second-order valence-electron chi connectivity index (χ2n) is 3.75. The molecular formula is C8H12ClF2NO2. The van der Waals surface area contributed by atoms with Crippen molar-refractivity contribution < 1.29 is 18.7 Å². The normalized spacial score (nSPS) is 29.0. The number of hydrogen-bond acceptors (Lipinski definition) is 2. The number of carboxylic acids is 1. The number of carboxylic acid groups (broad SMARTS) is 1. The van der Waals surface area contributed by atoms with E-state index in [0.29, 0.717) is 0 Å². The van der Waals surface area contributed by atoms with Crippen molar-refractivity contribution >= 4 is 17.7 Å².